The zero-order valence-corrected chi connectivity index (χ0v) is 19.3. The maximum absolute atomic E-state index is 15.1. The first-order valence-electron chi connectivity index (χ1n) is 11.1. The number of hydrogen-bond acceptors (Lipinski definition) is 4. The van der Waals surface area contributed by atoms with E-state index >= 15 is 4.39 Å². The van der Waals surface area contributed by atoms with Crippen LogP contribution in [0.3, 0.4) is 0 Å². The van der Waals surface area contributed by atoms with Crippen molar-refractivity contribution in [2.75, 3.05) is 13.1 Å². The van der Waals surface area contributed by atoms with Gasteiger partial charge in [0, 0.05) is 34.1 Å². The van der Waals surface area contributed by atoms with Crippen LogP contribution in [0, 0.1) is 12.7 Å². The fourth-order valence-corrected chi connectivity index (χ4v) is 5.15. The molecule has 4 aromatic rings. The van der Waals surface area contributed by atoms with Crippen molar-refractivity contribution in [2.24, 2.45) is 0 Å². The van der Waals surface area contributed by atoms with Gasteiger partial charge in [0.05, 0.1) is 23.0 Å². The summed E-state index contributed by atoms with van der Waals surface area (Å²) in [5.74, 6) is -1.75. The van der Waals surface area contributed by atoms with Crippen LogP contribution in [0.15, 0.2) is 53.3 Å². The quantitative estimate of drug-likeness (QED) is 0.416. The maximum Gasteiger partial charge on any atom is 0.259 e. The largest absolute Gasteiger partial charge is 0.464 e. The third kappa shape index (κ3) is 3.35. The molecule has 6 nitrogen and oxygen atoms in total. The zero-order valence-electron chi connectivity index (χ0n) is 18.5. The molecule has 0 atom stereocenters. The van der Waals surface area contributed by atoms with Crippen LogP contribution >= 0.6 is 12.4 Å². The van der Waals surface area contributed by atoms with Gasteiger partial charge in [0.15, 0.2) is 0 Å². The molecule has 1 fully saturated rings. The van der Waals surface area contributed by atoms with Gasteiger partial charge in [-0.2, -0.15) is 0 Å². The van der Waals surface area contributed by atoms with E-state index in [1.165, 1.54) is 12.3 Å². The SMILES string of the molecule is Cc1ccc2c(c1)c(C1=C(c3c(F)ccc4ccoc34)C(=O)NC1=O)cn2C1CCNCC1.Cl. The third-order valence-corrected chi connectivity index (χ3v) is 6.71. The lowest BCUT2D eigenvalue weighted by Crippen LogP contribution is -2.29. The average molecular weight is 480 g/mol. The Morgan fingerprint density at radius 3 is 2.59 bits per heavy atom. The molecule has 2 N–H and O–H groups in total. The van der Waals surface area contributed by atoms with Crippen molar-refractivity contribution in [2.45, 2.75) is 25.8 Å². The van der Waals surface area contributed by atoms with Gasteiger partial charge in [0.2, 0.25) is 0 Å². The molecule has 34 heavy (non-hydrogen) atoms. The minimum atomic E-state index is -0.617. The summed E-state index contributed by atoms with van der Waals surface area (Å²) in [7, 11) is 0. The smallest absolute Gasteiger partial charge is 0.259 e. The number of carbonyl (C=O) groups is 2. The molecule has 2 aromatic heterocycles. The summed E-state index contributed by atoms with van der Waals surface area (Å²) in [5.41, 5.74) is 3.15. The molecule has 0 aliphatic carbocycles. The van der Waals surface area contributed by atoms with Gasteiger partial charge >= 0.3 is 0 Å². The second kappa shape index (κ2) is 8.42. The predicted molar refractivity (Wildman–Crippen MR) is 131 cm³/mol. The predicted octanol–water partition coefficient (Wildman–Crippen LogP) is 4.75. The number of hydrogen-bond donors (Lipinski definition) is 2. The van der Waals surface area contributed by atoms with Crippen LogP contribution in [-0.2, 0) is 9.59 Å². The van der Waals surface area contributed by atoms with Crippen molar-refractivity contribution in [3.63, 3.8) is 0 Å². The Balaban J connectivity index is 0.00000241. The second-order valence-electron chi connectivity index (χ2n) is 8.75. The Bertz CT molecular complexity index is 1490. The third-order valence-electron chi connectivity index (χ3n) is 6.71. The van der Waals surface area contributed by atoms with Crippen LogP contribution in [0.25, 0.3) is 33.0 Å². The molecule has 4 heterocycles. The normalized spacial score (nSPS) is 17.0. The molecule has 0 saturated carbocycles. The molecular formula is C26H23ClFN3O3. The number of aromatic nitrogens is 1. The fourth-order valence-electron chi connectivity index (χ4n) is 5.15. The highest BCUT2D eigenvalue weighted by Gasteiger charge is 2.37. The van der Waals surface area contributed by atoms with E-state index in [4.69, 9.17) is 4.42 Å². The number of halogens is 2. The molecular weight excluding hydrogens is 457 g/mol. The lowest BCUT2D eigenvalue weighted by atomic mass is 9.94. The van der Waals surface area contributed by atoms with Gasteiger partial charge in [-0.3, -0.25) is 14.9 Å². The van der Waals surface area contributed by atoms with Crippen LogP contribution in [0.5, 0.6) is 0 Å². The van der Waals surface area contributed by atoms with Gasteiger partial charge in [-0.1, -0.05) is 11.6 Å². The number of amides is 2. The van der Waals surface area contributed by atoms with E-state index in [1.807, 2.05) is 25.3 Å². The first-order chi connectivity index (χ1) is 16.0. The van der Waals surface area contributed by atoms with Gasteiger partial charge in [-0.25, -0.2) is 4.39 Å². The Morgan fingerprint density at radius 2 is 1.79 bits per heavy atom. The molecule has 0 radical (unpaired) electrons. The van der Waals surface area contributed by atoms with E-state index in [0.717, 1.165) is 42.4 Å². The van der Waals surface area contributed by atoms with Gasteiger partial charge in [0.1, 0.15) is 11.4 Å². The van der Waals surface area contributed by atoms with E-state index in [9.17, 15) is 9.59 Å². The van der Waals surface area contributed by atoms with E-state index in [1.54, 1.807) is 12.1 Å². The molecule has 2 aliphatic rings. The summed E-state index contributed by atoms with van der Waals surface area (Å²) in [6.07, 6.45) is 5.34. The van der Waals surface area contributed by atoms with Crippen LogP contribution in [0.2, 0.25) is 0 Å². The molecule has 8 heteroatoms. The number of rotatable bonds is 3. The molecule has 6 rings (SSSR count). The Kier molecular flexibility index (Phi) is 5.54. The van der Waals surface area contributed by atoms with Crippen LogP contribution in [0.4, 0.5) is 4.39 Å². The van der Waals surface area contributed by atoms with E-state index in [0.29, 0.717) is 10.9 Å². The number of piperidine rings is 1. The Hall–Kier alpha value is -3.42. The fraction of sp³-hybridized carbons (Fsp3) is 0.231. The number of benzene rings is 2. The molecule has 2 aliphatic heterocycles. The average Bonchev–Trinajstić information content (AvgIpc) is 3.50. The van der Waals surface area contributed by atoms with Crippen molar-refractivity contribution in [3.8, 4) is 0 Å². The van der Waals surface area contributed by atoms with Crippen molar-refractivity contribution < 1.29 is 18.4 Å². The summed E-state index contributed by atoms with van der Waals surface area (Å²) in [4.78, 5) is 26.1. The highest BCUT2D eigenvalue weighted by molar-refractivity contribution is 6.50. The minimum Gasteiger partial charge on any atom is -0.464 e. The summed E-state index contributed by atoms with van der Waals surface area (Å²) < 4.78 is 22.9. The van der Waals surface area contributed by atoms with Crippen LogP contribution < -0.4 is 10.6 Å². The summed E-state index contributed by atoms with van der Waals surface area (Å²) in [6.45, 7) is 3.83. The van der Waals surface area contributed by atoms with Gasteiger partial charge in [-0.15, -0.1) is 12.4 Å². The molecule has 0 spiro atoms. The maximum atomic E-state index is 15.1. The lowest BCUT2D eigenvalue weighted by molar-refractivity contribution is -0.122. The number of nitrogens with zero attached hydrogens (tertiary/aromatic N) is 1. The van der Waals surface area contributed by atoms with Crippen molar-refractivity contribution >= 4 is 57.2 Å². The van der Waals surface area contributed by atoms with E-state index in [2.05, 4.69) is 21.3 Å². The number of imide groups is 1. The molecule has 1 saturated heterocycles. The number of furan rings is 1. The van der Waals surface area contributed by atoms with Crippen molar-refractivity contribution in [1.82, 2.24) is 15.2 Å². The topological polar surface area (TPSA) is 76.3 Å². The Labute approximate surface area is 201 Å². The minimum absolute atomic E-state index is 0. The molecule has 0 unspecified atom stereocenters. The first-order valence-corrected chi connectivity index (χ1v) is 11.1. The monoisotopic (exact) mass is 479 g/mol. The van der Waals surface area contributed by atoms with Gasteiger partial charge in [0.25, 0.3) is 11.8 Å². The standard InChI is InChI=1S/C26H22FN3O3.ClH/c1-14-2-5-20-17(12-14)18(13-30(20)16-6-9-28-10-7-16)21-23(26(32)29-25(21)31)22-19(27)4-3-15-8-11-33-24(15)22;/h2-5,8,11-13,16,28H,6-7,9-10H2,1H3,(H,29,31,32);1H. The van der Waals surface area contributed by atoms with Gasteiger partial charge in [-0.05, 0) is 63.2 Å². The van der Waals surface area contributed by atoms with Gasteiger partial charge < -0.3 is 14.3 Å². The number of fused-ring (bicyclic) bond motifs is 2. The molecule has 0 bridgehead atoms. The lowest BCUT2D eigenvalue weighted by Gasteiger charge is -2.25. The second-order valence-corrected chi connectivity index (χ2v) is 8.75. The van der Waals surface area contributed by atoms with Crippen LogP contribution in [0.1, 0.15) is 35.6 Å². The summed E-state index contributed by atoms with van der Waals surface area (Å²) in [5, 5.41) is 7.31. The number of nitrogens with one attached hydrogen (secondary N) is 2. The van der Waals surface area contributed by atoms with Crippen LogP contribution in [-0.4, -0.2) is 29.5 Å². The van der Waals surface area contributed by atoms with Crippen molar-refractivity contribution in [3.05, 3.63) is 71.4 Å². The van der Waals surface area contributed by atoms with E-state index < -0.39 is 17.6 Å². The summed E-state index contributed by atoms with van der Waals surface area (Å²) in [6, 6.07) is 11.0. The van der Waals surface area contributed by atoms with E-state index in [-0.39, 0.29) is 40.7 Å². The number of aryl methyl sites for hydroxylation is 1. The summed E-state index contributed by atoms with van der Waals surface area (Å²) >= 11 is 0. The highest BCUT2D eigenvalue weighted by Crippen LogP contribution is 2.41. The Morgan fingerprint density at radius 1 is 1.03 bits per heavy atom. The molecule has 174 valence electrons. The molecule has 2 aromatic carbocycles. The highest BCUT2D eigenvalue weighted by atomic mass is 35.5. The number of carbonyl (C=O) groups excluding carboxylic acids is 2. The first kappa shape index (κ1) is 22.4. The zero-order chi connectivity index (χ0) is 22.7. The van der Waals surface area contributed by atoms with Crippen molar-refractivity contribution in [1.29, 1.82) is 0 Å². The molecule has 2 amide bonds.